The summed E-state index contributed by atoms with van der Waals surface area (Å²) in [6.45, 7) is 0.283. The van der Waals surface area contributed by atoms with Gasteiger partial charge in [-0.15, -0.1) is 0 Å². The molecular formula is C14H15BrN2O5S. The molecular weight excluding hydrogens is 388 g/mol. The quantitative estimate of drug-likeness (QED) is 0.765. The lowest BCUT2D eigenvalue weighted by Crippen LogP contribution is -2.48. The van der Waals surface area contributed by atoms with Gasteiger partial charge in [0.25, 0.3) is 5.91 Å². The van der Waals surface area contributed by atoms with Crippen molar-refractivity contribution in [2.45, 2.75) is 23.8 Å². The summed E-state index contributed by atoms with van der Waals surface area (Å²) in [5, 5.41) is 0. The van der Waals surface area contributed by atoms with Gasteiger partial charge in [-0.05, 0) is 40.9 Å². The average molecular weight is 403 g/mol. The third-order valence-corrected chi connectivity index (χ3v) is 6.94. The maximum absolute atomic E-state index is 12.7. The Labute approximate surface area is 142 Å². The van der Waals surface area contributed by atoms with E-state index in [0.29, 0.717) is 17.3 Å². The van der Waals surface area contributed by atoms with Gasteiger partial charge in [-0.25, -0.2) is 18.1 Å². The second-order valence-corrected chi connectivity index (χ2v) is 8.14. The molecule has 2 aliphatic rings. The summed E-state index contributed by atoms with van der Waals surface area (Å²) in [5.74, 6) is -0.359. The molecule has 0 bridgehead atoms. The van der Waals surface area contributed by atoms with Crippen molar-refractivity contribution >= 4 is 38.0 Å². The first-order valence-electron chi connectivity index (χ1n) is 7.15. The van der Waals surface area contributed by atoms with Crippen molar-refractivity contribution in [3.63, 3.8) is 0 Å². The Kier molecular flexibility index (Phi) is 4.43. The zero-order chi connectivity index (χ0) is 16.6. The average Bonchev–Trinajstić information content (AvgIpc) is 2.86. The highest BCUT2D eigenvalue weighted by Gasteiger charge is 2.40. The van der Waals surface area contributed by atoms with Gasteiger partial charge in [0.2, 0.25) is 10.0 Å². The molecule has 23 heavy (non-hydrogen) atoms. The van der Waals surface area contributed by atoms with Gasteiger partial charge in [-0.1, -0.05) is 12.1 Å². The molecule has 1 aromatic carbocycles. The number of rotatable bonds is 3. The van der Waals surface area contributed by atoms with Crippen LogP contribution >= 0.6 is 15.9 Å². The first-order valence-corrected chi connectivity index (χ1v) is 9.38. The van der Waals surface area contributed by atoms with Gasteiger partial charge in [0.1, 0.15) is 0 Å². The lowest BCUT2D eigenvalue weighted by Gasteiger charge is -2.34. The number of sulfonamides is 1. The second kappa shape index (κ2) is 6.21. The number of imide groups is 1. The SMILES string of the molecule is O=C1COC(=O)N1C1CCN(S(=O)(=O)c2ccccc2Br)CC1. The zero-order valence-corrected chi connectivity index (χ0v) is 14.5. The van der Waals surface area contributed by atoms with E-state index in [2.05, 4.69) is 15.9 Å². The number of piperidine rings is 1. The Morgan fingerprint density at radius 2 is 1.78 bits per heavy atom. The molecule has 9 heteroatoms. The normalized spacial score (nSPS) is 20.8. The molecule has 2 amide bonds. The summed E-state index contributed by atoms with van der Waals surface area (Å²) in [6, 6.07) is 6.34. The van der Waals surface area contributed by atoms with Crippen LogP contribution in [0.3, 0.4) is 0 Å². The summed E-state index contributed by atoms with van der Waals surface area (Å²) in [4.78, 5) is 24.6. The minimum Gasteiger partial charge on any atom is -0.439 e. The van der Waals surface area contributed by atoms with E-state index in [9.17, 15) is 18.0 Å². The topological polar surface area (TPSA) is 84.0 Å². The third kappa shape index (κ3) is 3.00. The van der Waals surface area contributed by atoms with Gasteiger partial charge in [-0.3, -0.25) is 4.79 Å². The molecule has 0 atom stereocenters. The van der Waals surface area contributed by atoms with E-state index in [1.165, 1.54) is 4.31 Å². The molecule has 2 saturated heterocycles. The Hall–Kier alpha value is -1.45. The first kappa shape index (κ1) is 16.4. The van der Waals surface area contributed by atoms with Crippen LogP contribution in [0.25, 0.3) is 0 Å². The Balaban J connectivity index is 1.73. The van der Waals surface area contributed by atoms with Crippen molar-refractivity contribution in [2.75, 3.05) is 19.7 Å². The number of amides is 2. The van der Waals surface area contributed by atoms with E-state index in [1.54, 1.807) is 24.3 Å². The summed E-state index contributed by atoms with van der Waals surface area (Å²) in [5.41, 5.74) is 0. The summed E-state index contributed by atoms with van der Waals surface area (Å²) < 4.78 is 32.0. The smallest absolute Gasteiger partial charge is 0.417 e. The molecule has 0 spiro atoms. The van der Waals surface area contributed by atoms with E-state index in [1.807, 2.05) is 0 Å². The fourth-order valence-electron chi connectivity index (χ4n) is 2.85. The molecule has 0 radical (unpaired) electrons. The number of hydrogen-bond donors (Lipinski definition) is 0. The van der Waals surface area contributed by atoms with Gasteiger partial charge in [0, 0.05) is 23.6 Å². The second-order valence-electron chi connectivity index (χ2n) is 5.38. The van der Waals surface area contributed by atoms with E-state index >= 15 is 0 Å². The molecule has 124 valence electrons. The lowest BCUT2D eigenvalue weighted by molar-refractivity contribution is -0.127. The van der Waals surface area contributed by atoms with Crippen LogP contribution in [-0.4, -0.2) is 55.4 Å². The standard InChI is InChI=1S/C14H15BrN2O5S/c15-11-3-1-2-4-12(11)23(20,21)16-7-5-10(6-8-16)17-13(18)9-22-14(17)19/h1-4,10H,5-9H2. The van der Waals surface area contributed by atoms with Crippen LogP contribution in [0, 0.1) is 0 Å². The van der Waals surface area contributed by atoms with Crippen LogP contribution in [0.1, 0.15) is 12.8 Å². The Morgan fingerprint density at radius 1 is 1.13 bits per heavy atom. The maximum atomic E-state index is 12.7. The molecule has 0 unspecified atom stereocenters. The van der Waals surface area contributed by atoms with E-state index in [0.717, 1.165) is 4.90 Å². The third-order valence-electron chi connectivity index (χ3n) is 4.03. The highest BCUT2D eigenvalue weighted by Crippen LogP contribution is 2.28. The highest BCUT2D eigenvalue weighted by atomic mass is 79.9. The number of benzene rings is 1. The Morgan fingerprint density at radius 3 is 2.35 bits per heavy atom. The minimum atomic E-state index is -3.60. The van der Waals surface area contributed by atoms with E-state index in [4.69, 9.17) is 4.74 Å². The van der Waals surface area contributed by atoms with Crippen LogP contribution in [0.4, 0.5) is 4.79 Å². The monoisotopic (exact) mass is 402 g/mol. The molecule has 2 heterocycles. The molecule has 7 nitrogen and oxygen atoms in total. The fourth-order valence-corrected chi connectivity index (χ4v) is 5.28. The van der Waals surface area contributed by atoms with Gasteiger partial charge in [0.05, 0.1) is 4.90 Å². The van der Waals surface area contributed by atoms with Gasteiger partial charge < -0.3 is 4.74 Å². The van der Waals surface area contributed by atoms with E-state index < -0.39 is 16.1 Å². The van der Waals surface area contributed by atoms with Gasteiger partial charge in [0.15, 0.2) is 6.61 Å². The summed E-state index contributed by atoms with van der Waals surface area (Å²) in [6.07, 6.45) is 0.178. The van der Waals surface area contributed by atoms with Gasteiger partial charge in [-0.2, -0.15) is 4.31 Å². The molecule has 2 aliphatic heterocycles. The molecule has 0 aliphatic carbocycles. The Bertz CT molecular complexity index is 727. The number of hydrogen-bond acceptors (Lipinski definition) is 5. The number of carbonyl (C=O) groups is 2. The molecule has 0 aromatic heterocycles. The first-order chi connectivity index (χ1) is 10.9. The van der Waals surface area contributed by atoms with Crippen molar-refractivity contribution in [2.24, 2.45) is 0 Å². The maximum Gasteiger partial charge on any atom is 0.417 e. The zero-order valence-electron chi connectivity index (χ0n) is 12.1. The van der Waals surface area contributed by atoms with Crippen LogP contribution in [0.5, 0.6) is 0 Å². The highest BCUT2D eigenvalue weighted by molar-refractivity contribution is 9.10. The van der Waals surface area contributed by atoms with Crippen LogP contribution in [0.2, 0.25) is 0 Å². The predicted molar refractivity (Wildman–Crippen MR) is 84.1 cm³/mol. The van der Waals surface area contributed by atoms with Crippen LogP contribution in [-0.2, 0) is 19.6 Å². The van der Waals surface area contributed by atoms with Crippen molar-refractivity contribution in [3.05, 3.63) is 28.7 Å². The molecule has 1 aromatic rings. The molecule has 0 N–H and O–H groups in total. The van der Waals surface area contributed by atoms with E-state index in [-0.39, 0.29) is 36.5 Å². The molecule has 2 fully saturated rings. The number of cyclic esters (lactones) is 1. The lowest BCUT2D eigenvalue weighted by atomic mass is 10.1. The van der Waals surface area contributed by atoms with Crippen molar-refractivity contribution in [1.29, 1.82) is 0 Å². The molecule has 0 saturated carbocycles. The predicted octanol–water partition coefficient (Wildman–Crippen LogP) is 1.58. The molecule has 3 rings (SSSR count). The fraction of sp³-hybridized carbons (Fsp3) is 0.429. The number of nitrogens with zero attached hydrogens (tertiary/aromatic N) is 2. The van der Waals surface area contributed by atoms with Crippen molar-refractivity contribution in [1.82, 2.24) is 9.21 Å². The van der Waals surface area contributed by atoms with Gasteiger partial charge >= 0.3 is 6.09 Å². The van der Waals surface area contributed by atoms with Crippen LogP contribution in [0.15, 0.2) is 33.6 Å². The summed E-state index contributed by atoms with van der Waals surface area (Å²) >= 11 is 3.26. The minimum absolute atomic E-state index is 0.218. The summed E-state index contributed by atoms with van der Waals surface area (Å²) in [7, 11) is -3.60. The number of ether oxygens (including phenoxy) is 1. The van der Waals surface area contributed by atoms with Crippen molar-refractivity contribution in [3.8, 4) is 0 Å². The largest absolute Gasteiger partial charge is 0.439 e. The van der Waals surface area contributed by atoms with Crippen molar-refractivity contribution < 1.29 is 22.7 Å². The number of halogens is 1. The van der Waals surface area contributed by atoms with Crippen LogP contribution < -0.4 is 0 Å². The number of carbonyl (C=O) groups excluding carboxylic acids is 2.